The Bertz CT molecular complexity index is 1420. The fourth-order valence-corrected chi connectivity index (χ4v) is 5.60. The van der Waals surface area contributed by atoms with Crippen molar-refractivity contribution in [1.29, 1.82) is 0 Å². The highest BCUT2D eigenvalue weighted by molar-refractivity contribution is 7.53. The zero-order valence-electron chi connectivity index (χ0n) is 23.8. The molecule has 12 heteroatoms. The molecule has 1 amide bonds. The third-order valence-electron chi connectivity index (χ3n) is 5.87. The molecule has 11 nitrogen and oxygen atoms in total. The largest absolute Gasteiger partial charge is 0.493 e. The van der Waals surface area contributed by atoms with Gasteiger partial charge in [-0.3, -0.25) is 9.88 Å². The molecule has 0 fully saturated rings. The van der Waals surface area contributed by atoms with Crippen LogP contribution in [-0.2, 0) is 40.9 Å². The third-order valence-corrected chi connectivity index (χ3v) is 7.95. The van der Waals surface area contributed by atoms with Crippen molar-refractivity contribution in [2.24, 2.45) is 0 Å². The van der Waals surface area contributed by atoms with Crippen molar-refractivity contribution in [2.75, 3.05) is 40.7 Å². The average Bonchev–Trinajstić information content (AvgIpc) is 2.98. The lowest BCUT2D eigenvalue weighted by molar-refractivity contribution is -0.136. The Balaban J connectivity index is 2.03. The molecule has 1 heterocycles. The van der Waals surface area contributed by atoms with E-state index in [-0.39, 0.29) is 38.1 Å². The Kier molecular flexibility index (Phi) is 11.7. The maximum atomic E-state index is 13.2. The minimum absolute atomic E-state index is 0.00632. The van der Waals surface area contributed by atoms with E-state index < -0.39 is 19.7 Å². The maximum absolute atomic E-state index is 13.2. The van der Waals surface area contributed by atoms with Crippen LogP contribution in [0, 0.1) is 0 Å². The number of carbonyl (C=O) groups is 2. The monoisotopic (exact) mass is 586 g/mol. The van der Waals surface area contributed by atoms with Crippen LogP contribution in [0.4, 0.5) is 4.79 Å². The number of ether oxygens (including phenoxy) is 4. The molecular weight excluding hydrogens is 551 g/mol. The molecule has 2 aromatic carbocycles. The first kappa shape index (κ1) is 31.6. The summed E-state index contributed by atoms with van der Waals surface area (Å²) in [5.41, 5.74) is 2.06. The number of nitrogens with zero attached hydrogens (tertiary/aromatic N) is 1. The molecule has 0 aliphatic heterocycles. The fourth-order valence-electron chi connectivity index (χ4n) is 3.96. The number of fused-ring (bicyclic) bond motifs is 1. The van der Waals surface area contributed by atoms with Gasteiger partial charge >= 0.3 is 19.7 Å². The van der Waals surface area contributed by atoms with Gasteiger partial charge in [0.25, 0.3) is 0 Å². The molecular formula is C29H35N2O9P. The number of hydrogen-bond acceptors (Lipinski definition) is 10. The number of alkyl carbamates (subject to hydrolysis) is 1. The fraction of sp³-hybridized carbons (Fsp3) is 0.345. The molecule has 3 rings (SSSR count). The van der Waals surface area contributed by atoms with E-state index in [0.717, 1.165) is 5.56 Å². The van der Waals surface area contributed by atoms with Crippen LogP contribution >= 0.6 is 7.60 Å². The highest BCUT2D eigenvalue weighted by Gasteiger charge is 2.25. The van der Waals surface area contributed by atoms with E-state index in [1.54, 1.807) is 26.0 Å². The normalized spacial score (nSPS) is 11.7. The number of methoxy groups -OCH3 is 3. The lowest BCUT2D eigenvalue weighted by atomic mass is 10.1. The molecule has 0 atom stereocenters. The van der Waals surface area contributed by atoms with E-state index in [1.165, 1.54) is 27.4 Å². The van der Waals surface area contributed by atoms with Crippen LogP contribution in [0.3, 0.4) is 0 Å². The van der Waals surface area contributed by atoms with Crippen LogP contribution in [0.2, 0.25) is 0 Å². The van der Waals surface area contributed by atoms with Crippen LogP contribution < -0.4 is 14.8 Å². The lowest BCUT2D eigenvalue weighted by Gasteiger charge is -2.18. The predicted octanol–water partition coefficient (Wildman–Crippen LogP) is 5.50. The summed E-state index contributed by atoms with van der Waals surface area (Å²) in [6.07, 6.45) is 0.827. The summed E-state index contributed by atoms with van der Waals surface area (Å²) in [5, 5.41) is 3.17. The molecule has 0 bridgehead atoms. The molecule has 3 aromatic rings. The predicted molar refractivity (Wildman–Crippen MR) is 154 cm³/mol. The van der Waals surface area contributed by atoms with E-state index in [2.05, 4.69) is 5.32 Å². The average molecular weight is 587 g/mol. The molecule has 1 N–H and O–H groups in total. The first-order valence-electron chi connectivity index (χ1n) is 13.0. The number of amides is 1. The van der Waals surface area contributed by atoms with Gasteiger partial charge in [0.15, 0.2) is 11.5 Å². The minimum Gasteiger partial charge on any atom is -0.493 e. The van der Waals surface area contributed by atoms with Gasteiger partial charge in [0.05, 0.1) is 51.9 Å². The van der Waals surface area contributed by atoms with Gasteiger partial charge in [-0.1, -0.05) is 30.3 Å². The SMILES string of the molecule is CCOP(=O)(CCc1cc2cc(OC)c(OC)cc2nc1C=C(NC(=O)OCc1ccccc1)C(=O)OC)OCC. The standard InChI is InChI=1S/C29H35N2O9P/c1-6-39-41(34,40-7-2)14-13-21-15-22-16-26(35-3)27(36-4)18-24(22)30-23(21)17-25(28(32)37-5)31-29(33)38-19-20-11-9-8-10-12-20/h8-12,15-18H,6-7,13-14,19H2,1-5H3,(H,31,33). The molecule has 0 spiro atoms. The van der Waals surface area contributed by atoms with Crippen LogP contribution in [0.5, 0.6) is 11.5 Å². The topological polar surface area (TPSA) is 132 Å². The molecule has 0 unspecified atom stereocenters. The molecule has 0 radical (unpaired) electrons. The summed E-state index contributed by atoms with van der Waals surface area (Å²) in [4.78, 5) is 30.0. The number of aromatic nitrogens is 1. The Labute approximate surface area is 239 Å². The number of hydrogen-bond donors (Lipinski definition) is 1. The van der Waals surface area contributed by atoms with Crippen molar-refractivity contribution in [3.63, 3.8) is 0 Å². The first-order valence-corrected chi connectivity index (χ1v) is 14.7. The van der Waals surface area contributed by atoms with E-state index in [1.807, 2.05) is 36.4 Å². The number of esters is 1. The summed E-state index contributed by atoms with van der Waals surface area (Å²) in [5.74, 6) is 0.155. The second-order valence-corrected chi connectivity index (χ2v) is 10.8. The first-order chi connectivity index (χ1) is 19.7. The minimum atomic E-state index is -3.39. The Morgan fingerprint density at radius 2 is 1.61 bits per heavy atom. The smallest absolute Gasteiger partial charge is 0.412 e. The molecule has 0 aliphatic rings. The zero-order chi connectivity index (χ0) is 29.8. The molecule has 220 valence electrons. The highest BCUT2D eigenvalue weighted by atomic mass is 31.2. The molecule has 0 saturated heterocycles. The molecule has 0 aliphatic carbocycles. The number of benzene rings is 2. The Morgan fingerprint density at radius 1 is 0.951 bits per heavy atom. The molecule has 0 saturated carbocycles. The number of rotatable bonds is 14. The van der Waals surface area contributed by atoms with Crippen molar-refractivity contribution >= 4 is 36.6 Å². The Hall–Kier alpha value is -3.92. The van der Waals surface area contributed by atoms with Crippen LogP contribution in [-0.4, -0.2) is 57.8 Å². The number of aryl methyl sites for hydroxylation is 1. The summed E-state index contributed by atoms with van der Waals surface area (Å²) in [6.45, 7) is 3.92. The molecule has 1 aromatic heterocycles. The summed E-state index contributed by atoms with van der Waals surface area (Å²) < 4.78 is 45.1. The van der Waals surface area contributed by atoms with Crippen molar-refractivity contribution < 1.29 is 42.1 Å². The number of carbonyl (C=O) groups excluding carboxylic acids is 2. The summed E-state index contributed by atoms with van der Waals surface area (Å²) >= 11 is 0. The number of nitrogens with one attached hydrogen (secondary N) is 1. The summed E-state index contributed by atoms with van der Waals surface area (Å²) in [6, 6.07) is 14.4. The van der Waals surface area contributed by atoms with Crippen LogP contribution in [0.25, 0.3) is 17.0 Å². The number of pyridine rings is 1. The van der Waals surface area contributed by atoms with Crippen molar-refractivity contribution in [3.8, 4) is 11.5 Å². The summed E-state index contributed by atoms with van der Waals surface area (Å²) in [7, 11) is 0.847. The van der Waals surface area contributed by atoms with Crippen LogP contribution in [0.1, 0.15) is 30.7 Å². The van der Waals surface area contributed by atoms with Crippen LogP contribution in [0.15, 0.2) is 54.2 Å². The second kappa shape index (κ2) is 15.2. The Morgan fingerprint density at radius 3 is 2.22 bits per heavy atom. The third kappa shape index (κ3) is 8.78. The van der Waals surface area contributed by atoms with Gasteiger partial charge in [-0.2, -0.15) is 0 Å². The quantitative estimate of drug-likeness (QED) is 0.147. The lowest BCUT2D eigenvalue weighted by Crippen LogP contribution is -2.28. The second-order valence-electron chi connectivity index (χ2n) is 8.59. The van der Waals surface area contributed by atoms with Gasteiger partial charge < -0.3 is 28.0 Å². The van der Waals surface area contributed by atoms with Gasteiger partial charge in [-0.05, 0) is 49.6 Å². The van der Waals surface area contributed by atoms with Gasteiger partial charge in [-0.15, -0.1) is 0 Å². The van der Waals surface area contributed by atoms with Gasteiger partial charge in [0, 0.05) is 11.5 Å². The molecule has 41 heavy (non-hydrogen) atoms. The van der Waals surface area contributed by atoms with E-state index in [4.69, 9.17) is 33.0 Å². The van der Waals surface area contributed by atoms with E-state index >= 15 is 0 Å². The van der Waals surface area contributed by atoms with Gasteiger partial charge in [0.2, 0.25) is 0 Å². The van der Waals surface area contributed by atoms with Crippen molar-refractivity contribution in [2.45, 2.75) is 26.9 Å². The zero-order valence-corrected chi connectivity index (χ0v) is 24.7. The van der Waals surface area contributed by atoms with E-state index in [9.17, 15) is 14.2 Å². The van der Waals surface area contributed by atoms with Crippen molar-refractivity contribution in [3.05, 3.63) is 71.0 Å². The van der Waals surface area contributed by atoms with Gasteiger partial charge in [-0.25, -0.2) is 14.6 Å². The maximum Gasteiger partial charge on any atom is 0.412 e. The highest BCUT2D eigenvalue weighted by Crippen LogP contribution is 2.48. The van der Waals surface area contributed by atoms with E-state index in [0.29, 0.717) is 33.7 Å². The van der Waals surface area contributed by atoms with Gasteiger partial charge in [0.1, 0.15) is 12.3 Å². The van der Waals surface area contributed by atoms with Crippen molar-refractivity contribution in [1.82, 2.24) is 10.3 Å².